The van der Waals surface area contributed by atoms with Crippen LogP contribution >= 0.6 is 0 Å². The van der Waals surface area contributed by atoms with E-state index >= 15 is 4.39 Å². The van der Waals surface area contributed by atoms with Gasteiger partial charge in [-0.15, -0.1) is 0 Å². The molecular weight excluding hydrogens is 518 g/mol. The van der Waals surface area contributed by atoms with E-state index in [1.807, 2.05) is 0 Å². The summed E-state index contributed by atoms with van der Waals surface area (Å²) in [4.78, 5) is 25.7. The molecule has 5 aromatic rings. The SMILES string of the molecule is COc1ncnc(C2CC2)c1-c1ncc2nc(N)n(Cc3ccc(-c4nc(C(F)(F)F)cn4C)c(F)c3)c2n1. The van der Waals surface area contributed by atoms with E-state index in [9.17, 15) is 13.2 Å². The normalized spacial score (nSPS) is 13.8. The molecule has 0 atom stereocenters. The molecule has 2 N–H and O–H groups in total. The van der Waals surface area contributed by atoms with Crippen LogP contribution < -0.4 is 10.5 Å². The summed E-state index contributed by atoms with van der Waals surface area (Å²) in [5, 5.41) is 0. The second kappa shape index (κ2) is 8.99. The van der Waals surface area contributed by atoms with Gasteiger partial charge in [0.1, 0.15) is 29.0 Å². The molecule has 4 heterocycles. The van der Waals surface area contributed by atoms with Crippen molar-refractivity contribution in [1.29, 1.82) is 0 Å². The number of halogens is 4. The predicted molar refractivity (Wildman–Crippen MR) is 132 cm³/mol. The van der Waals surface area contributed by atoms with Crippen molar-refractivity contribution in [3.8, 4) is 28.7 Å². The summed E-state index contributed by atoms with van der Waals surface area (Å²) in [6, 6.07) is 4.20. The molecule has 39 heavy (non-hydrogen) atoms. The number of alkyl halides is 3. The van der Waals surface area contributed by atoms with Gasteiger partial charge in [0.15, 0.2) is 17.2 Å². The van der Waals surface area contributed by atoms with Gasteiger partial charge < -0.3 is 15.0 Å². The van der Waals surface area contributed by atoms with E-state index in [0.29, 0.717) is 34.0 Å². The summed E-state index contributed by atoms with van der Waals surface area (Å²) < 4.78 is 62.5. The van der Waals surface area contributed by atoms with Gasteiger partial charge in [-0.1, -0.05) is 6.07 Å². The molecule has 0 spiro atoms. The highest BCUT2D eigenvalue weighted by Crippen LogP contribution is 2.45. The highest BCUT2D eigenvalue weighted by molar-refractivity contribution is 5.77. The quantitative estimate of drug-likeness (QED) is 0.316. The van der Waals surface area contributed by atoms with E-state index in [1.54, 1.807) is 10.6 Å². The van der Waals surface area contributed by atoms with Crippen LogP contribution in [-0.4, -0.2) is 46.1 Å². The Morgan fingerprint density at radius 2 is 1.90 bits per heavy atom. The lowest BCUT2D eigenvalue weighted by atomic mass is 10.1. The Bertz CT molecular complexity index is 1720. The van der Waals surface area contributed by atoms with Crippen molar-refractivity contribution in [3.05, 3.63) is 59.7 Å². The van der Waals surface area contributed by atoms with Crippen molar-refractivity contribution in [2.75, 3.05) is 12.8 Å². The van der Waals surface area contributed by atoms with Crippen molar-refractivity contribution < 1.29 is 22.3 Å². The lowest BCUT2D eigenvalue weighted by Gasteiger charge is -2.11. The van der Waals surface area contributed by atoms with Gasteiger partial charge >= 0.3 is 6.18 Å². The van der Waals surface area contributed by atoms with Crippen LogP contribution in [0.1, 0.15) is 35.7 Å². The van der Waals surface area contributed by atoms with Crippen molar-refractivity contribution in [2.24, 2.45) is 7.05 Å². The van der Waals surface area contributed by atoms with Crippen molar-refractivity contribution >= 4 is 17.1 Å². The number of methoxy groups -OCH3 is 1. The van der Waals surface area contributed by atoms with Crippen molar-refractivity contribution in [3.63, 3.8) is 0 Å². The Balaban J connectivity index is 1.37. The van der Waals surface area contributed by atoms with Gasteiger partial charge in [0.25, 0.3) is 0 Å². The zero-order chi connectivity index (χ0) is 27.5. The number of fused-ring (bicyclic) bond motifs is 1. The van der Waals surface area contributed by atoms with E-state index in [0.717, 1.165) is 29.3 Å². The molecule has 1 saturated carbocycles. The first-order chi connectivity index (χ1) is 18.6. The van der Waals surface area contributed by atoms with Gasteiger partial charge in [-0.25, -0.2) is 34.3 Å². The van der Waals surface area contributed by atoms with Gasteiger partial charge in [0, 0.05) is 19.2 Å². The van der Waals surface area contributed by atoms with Crippen LogP contribution in [0.25, 0.3) is 33.9 Å². The number of imidazole rings is 2. The predicted octanol–water partition coefficient (Wildman–Crippen LogP) is 4.36. The maximum atomic E-state index is 15.1. The van der Waals surface area contributed by atoms with Gasteiger partial charge in [-0.05, 0) is 30.5 Å². The van der Waals surface area contributed by atoms with E-state index in [2.05, 4.69) is 24.9 Å². The maximum absolute atomic E-state index is 15.1. The second-order valence-corrected chi connectivity index (χ2v) is 9.25. The van der Waals surface area contributed by atoms with Gasteiger partial charge in [-0.3, -0.25) is 4.57 Å². The number of benzene rings is 1. The third-order valence-corrected chi connectivity index (χ3v) is 6.52. The van der Waals surface area contributed by atoms with E-state index in [4.69, 9.17) is 15.5 Å². The van der Waals surface area contributed by atoms with E-state index in [1.165, 1.54) is 38.8 Å². The van der Waals surface area contributed by atoms with Gasteiger partial charge in [0.05, 0.1) is 31.1 Å². The third-order valence-electron chi connectivity index (χ3n) is 6.52. The molecule has 0 aliphatic heterocycles. The molecule has 1 aliphatic carbocycles. The minimum Gasteiger partial charge on any atom is -0.480 e. The maximum Gasteiger partial charge on any atom is 0.434 e. The van der Waals surface area contributed by atoms with Crippen LogP contribution in [0.3, 0.4) is 0 Å². The molecule has 6 rings (SSSR count). The number of nitrogens with two attached hydrogens (primary N) is 1. The number of nitrogen functional groups attached to an aromatic ring is 1. The molecule has 1 aliphatic rings. The summed E-state index contributed by atoms with van der Waals surface area (Å²) in [6.07, 6.45) is 1.16. The van der Waals surface area contributed by atoms with Crippen LogP contribution in [0.5, 0.6) is 5.88 Å². The summed E-state index contributed by atoms with van der Waals surface area (Å²) in [7, 11) is 2.89. The molecule has 0 radical (unpaired) electrons. The standard InChI is InChI=1S/C25H21F4N9O/c1-37-10-17(25(27,28)29)35-21(37)14-6-3-12(7-15(14)26)9-38-22-16(34-24(38)30)8-31-20(36-22)18-19(13-4-5-13)32-11-33-23(18)39-2/h3,6-8,10-11,13H,4-5,9H2,1-2H3,(H2,30,34). The monoisotopic (exact) mass is 539 g/mol. The number of hydrogen-bond donors (Lipinski definition) is 1. The fourth-order valence-electron chi connectivity index (χ4n) is 4.50. The number of ether oxygens (including phenoxy) is 1. The average Bonchev–Trinajstić information content (AvgIpc) is 3.61. The fraction of sp³-hybridized carbons (Fsp3) is 0.280. The lowest BCUT2D eigenvalue weighted by molar-refractivity contribution is -0.140. The second-order valence-electron chi connectivity index (χ2n) is 9.25. The molecule has 0 saturated heterocycles. The van der Waals surface area contributed by atoms with E-state index < -0.39 is 17.7 Å². The van der Waals surface area contributed by atoms with Crippen molar-refractivity contribution in [2.45, 2.75) is 31.5 Å². The molecule has 0 bridgehead atoms. The Hall–Kier alpha value is -4.62. The zero-order valence-electron chi connectivity index (χ0n) is 20.7. The molecule has 10 nitrogen and oxygen atoms in total. The van der Waals surface area contributed by atoms with Crippen LogP contribution in [0, 0.1) is 5.82 Å². The minimum absolute atomic E-state index is 0.0615. The lowest BCUT2D eigenvalue weighted by Crippen LogP contribution is -2.07. The van der Waals surface area contributed by atoms with Gasteiger partial charge in [-0.2, -0.15) is 13.2 Å². The Morgan fingerprint density at radius 1 is 1.10 bits per heavy atom. The molecule has 200 valence electrons. The number of aromatic nitrogens is 8. The summed E-state index contributed by atoms with van der Waals surface area (Å²) in [6.45, 7) is 0.0995. The van der Waals surface area contributed by atoms with Crippen LogP contribution in [0.15, 0.2) is 36.9 Å². The smallest absolute Gasteiger partial charge is 0.434 e. The largest absolute Gasteiger partial charge is 0.480 e. The van der Waals surface area contributed by atoms with E-state index in [-0.39, 0.29) is 29.8 Å². The average molecular weight is 539 g/mol. The Kier molecular flexibility index (Phi) is 5.70. The molecule has 14 heteroatoms. The molecule has 1 fully saturated rings. The molecule has 0 amide bonds. The summed E-state index contributed by atoms with van der Waals surface area (Å²) in [5.41, 5.74) is 7.76. The van der Waals surface area contributed by atoms with Crippen molar-refractivity contribution in [1.82, 2.24) is 39.0 Å². The molecule has 0 unspecified atom stereocenters. The van der Waals surface area contributed by atoms with Crippen LogP contribution in [0.4, 0.5) is 23.5 Å². The number of aryl methyl sites for hydroxylation is 1. The summed E-state index contributed by atoms with van der Waals surface area (Å²) in [5.74, 6) is 0.248. The first-order valence-electron chi connectivity index (χ1n) is 11.9. The first-order valence-corrected chi connectivity index (χ1v) is 11.9. The topological polar surface area (TPSA) is 122 Å². The number of anilines is 1. The van der Waals surface area contributed by atoms with Crippen LogP contribution in [0.2, 0.25) is 0 Å². The zero-order valence-corrected chi connectivity index (χ0v) is 20.7. The van der Waals surface area contributed by atoms with Gasteiger partial charge in [0.2, 0.25) is 11.8 Å². The molecule has 1 aromatic carbocycles. The Labute approximate surface area is 218 Å². The van der Waals surface area contributed by atoms with Crippen LogP contribution in [-0.2, 0) is 19.8 Å². The molecular formula is C25H21F4N9O. The molecule has 4 aromatic heterocycles. The number of hydrogen-bond acceptors (Lipinski definition) is 8. The highest BCUT2D eigenvalue weighted by Gasteiger charge is 2.35. The Morgan fingerprint density at radius 3 is 2.56 bits per heavy atom. The fourth-order valence-corrected chi connectivity index (χ4v) is 4.50. The summed E-state index contributed by atoms with van der Waals surface area (Å²) >= 11 is 0. The number of rotatable bonds is 6. The first kappa shape index (κ1) is 24.7. The third kappa shape index (κ3) is 4.41. The number of nitrogens with zero attached hydrogens (tertiary/aromatic N) is 8. The highest BCUT2D eigenvalue weighted by atomic mass is 19.4. The minimum atomic E-state index is -4.64.